The summed E-state index contributed by atoms with van der Waals surface area (Å²) in [5.74, 6) is -1.19. The lowest BCUT2D eigenvalue weighted by Crippen LogP contribution is -2.32. The van der Waals surface area contributed by atoms with E-state index < -0.39 is 17.2 Å². The molecule has 0 amide bonds. The van der Waals surface area contributed by atoms with Crippen LogP contribution in [0.25, 0.3) is 0 Å². The Labute approximate surface area is 99.2 Å². The minimum atomic E-state index is -1.06. The van der Waals surface area contributed by atoms with Crippen LogP contribution in [0.1, 0.15) is 24.8 Å². The lowest BCUT2D eigenvalue weighted by Gasteiger charge is -2.26. The number of ether oxygens (including phenoxy) is 1. The van der Waals surface area contributed by atoms with Crippen LogP contribution in [0.2, 0.25) is 0 Å². The second-order valence-electron chi connectivity index (χ2n) is 4.57. The summed E-state index contributed by atoms with van der Waals surface area (Å²) in [6.07, 6.45) is 1.66. The van der Waals surface area contributed by atoms with Crippen molar-refractivity contribution >= 4 is 0 Å². The van der Waals surface area contributed by atoms with Gasteiger partial charge in [-0.05, 0) is 31.4 Å². The molecule has 0 spiro atoms. The quantitative estimate of drug-likeness (QED) is 0.863. The zero-order valence-electron chi connectivity index (χ0n) is 9.59. The van der Waals surface area contributed by atoms with Crippen molar-refractivity contribution in [1.29, 1.82) is 0 Å². The van der Waals surface area contributed by atoms with Crippen LogP contribution in [0, 0.1) is 11.6 Å². The minimum Gasteiger partial charge on any atom is -0.389 e. The van der Waals surface area contributed by atoms with Gasteiger partial charge in [-0.1, -0.05) is 6.07 Å². The van der Waals surface area contributed by atoms with Crippen molar-refractivity contribution in [2.45, 2.75) is 31.3 Å². The molecule has 1 fully saturated rings. The molecule has 4 heteroatoms. The Kier molecular flexibility index (Phi) is 3.74. The van der Waals surface area contributed by atoms with E-state index >= 15 is 0 Å². The van der Waals surface area contributed by atoms with E-state index in [9.17, 15) is 13.9 Å². The average Bonchev–Trinajstić information content (AvgIpc) is 2.49. The second kappa shape index (κ2) is 5.10. The fourth-order valence-electron chi connectivity index (χ4n) is 2.20. The Morgan fingerprint density at radius 3 is 2.59 bits per heavy atom. The molecule has 1 unspecified atom stereocenters. The highest BCUT2D eigenvalue weighted by molar-refractivity contribution is 5.21. The zero-order valence-corrected chi connectivity index (χ0v) is 9.59. The number of rotatable bonds is 2. The summed E-state index contributed by atoms with van der Waals surface area (Å²) in [4.78, 5) is 0. The molecular weight excluding hydrogens is 226 g/mol. The summed E-state index contributed by atoms with van der Waals surface area (Å²) in [5, 5.41) is 10.3. The second-order valence-corrected chi connectivity index (χ2v) is 4.57. The molecule has 1 aromatic rings. The van der Waals surface area contributed by atoms with Gasteiger partial charge in [0.2, 0.25) is 0 Å². The molecule has 1 aromatic carbocycles. The molecule has 1 N–H and O–H groups in total. The summed E-state index contributed by atoms with van der Waals surface area (Å²) in [6.45, 7) is 1.04. The fraction of sp³-hybridized carbons (Fsp3) is 0.538. The Morgan fingerprint density at radius 1 is 1.18 bits per heavy atom. The molecule has 1 heterocycles. The van der Waals surface area contributed by atoms with Gasteiger partial charge in [-0.25, -0.2) is 8.78 Å². The van der Waals surface area contributed by atoms with E-state index in [1.165, 1.54) is 18.2 Å². The molecule has 94 valence electrons. The molecule has 0 radical (unpaired) electrons. The Bertz CT molecular complexity index is 365. The SMILES string of the molecule is OC1(Cc2c(F)cccc2F)CCCOCC1. The van der Waals surface area contributed by atoms with Crippen LogP contribution >= 0.6 is 0 Å². The third kappa shape index (κ3) is 3.01. The molecule has 1 atom stereocenters. The van der Waals surface area contributed by atoms with Gasteiger partial charge in [0.15, 0.2) is 0 Å². The van der Waals surface area contributed by atoms with Crippen molar-refractivity contribution in [2.75, 3.05) is 13.2 Å². The molecule has 1 aliphatic heterocycles. The van der Waals surface area contributed by atoms with Crippen molar-refractivity contribution in [3.05, 3.63) is 35.4 Å². The van der Waals surface area contributed by atoms with Crippen molar-refractivity contribution in [3.8, 4) is 0 Å². The molecule has 1 aliphatic rings. The Morgan fingerprint density at radius 2 is 1.88 bits per heavy atom. The first-order chi connectivity index (χ1) is 8.11. The van der Waals surface area contributed by atoms with E-state index in [0.29, 0.717) is 32.5 Å². The largest absolute Gasteiger partial charge is 0.389 e. The first-order valence-electron chi connectivity index (χ1n) is 5.84. The average molecular weight is 242 g/mol. The third-order valence-electron chi connectivity index (χ3n) is 3.21. The number of benzene rings is 1. The predicted octanol–water partition coefficient (Wildman–Crippen LogP) is 2.44. The van der Waals surface area contributed by atoms with Crippen LogP contribution < -0.4 is 0 Å². The molecule has 0 aliphatic carbocycles. The first kappa shape index (κ1) is 12.5. The smallest absolute Gasteiger partial charge is 0.129 e. The van der Waals surface area contributed by atoms with Gasteiger partial charge in [0.1, 0.15) is 11.6 Å². The molecule has 2 rings (SSSR count). The van der Waals surface area contributed by atoms with Gasteiger partial charge in [0, 0.05) is 25.2 Å². The van der Waals surface area contributed by atoms with Gasteiger partial charge >= 0.3 is 0 Å². The molecule has 17 heavy (non-hydrogen) atoms. The standard InChI is InChI=1S/C13H16F2O2/c14-11-3-1-4-12(15)10(11)9-13(16)5-2-7-17-8-6-13/h1,3-4,16H,2,5-9H2. The first-order valence-corrected chi connectivity index (χ1v) is 5.84. The molecule has 2 nitrogen and oxygen atoms in total. The molecular formula is C13H16F2O2. The van der Waals surface area contributed by atoms with Crippen molar-refractivity contribution in [3.63, 3.8) is 0 Å². The summed E-state index contributed by atoms with van der Waals surface area (Å²) >= 11 is 0. The molecule has 1 saturated heterocycles. The summed E-state index contributed by atoms with van der Waals surface area (Å²) < 4.78 is 32.2. The highest BCUT2D eigenvalue weighted by atomic mass is 19.1. The van der Waals surface area contributed by atoms with Crippen molar-refractivity contribution < 1.29 is 18.6 Å². The maximum absolute atomic E-state index is 13.5. The summed E-state index contributed by atoms with van der Waals surface area (Å²) in [6, 6.07) is 3.76. The number of halogens is 2. The van der Waals surface area contributed by atoms with Gasteiger partial charge in [-0.15, -0.1) is 0 Å². The van der Waals surface area contributed by atoms with Crippen LogP contribution in [-0.2, 0) is 11.2 Å². The van der Waals surface area contributed by atoms with Gasteiger partial charge in [0.25, 0.3) is 0 Å². The fourth-order valence-corrected chi connectivity index (χ4v) is 2.20. The van der Waals surface area contributed by atoms with E-state index in [1.54, 1.807) is 0 Å². The van der Waals surface area contributed by atoms with Gasteiger partial charge in [-0.3, -0.25) is 0 Å². The van der Waals surface area contributed by atoms with Crippen LogP contribution in [0.15, 0.2) is 18.2 Å². The van der Waals surface area contributed by atoms with E-state index in [4.69, 9.17) is 4.74 Å². The third-order valence-corrected chi connectivity index (χ3v) is 3.21. The maximum atomic E-state index is 13.5. The van der Waals surface area contributed by atoms with Gasteiger partial charge < -0.3 is 9.84 Å². The lowest BCUT2D eigenvalue weighted by atomic mass is 9.87. The Hall–Kier alpha value is -1.00. The monoisotopic (exact) mass is 242 g/mol. The number of hydrogen-bond acceptors (Lipinski definition) is 2. The van der Waals surface area contributed by atoms with Gasteiger partial charge in [-0.2, -0.15) is 0 Å². The highest BCUT2D eigenvalue weighted by Crippen LogP contribution is 2.27. The van der Waals surface area contributed by atoms with Crippen LogP contribution in [0.5, 0.6) is 0 Å². The van der Waals surface area contributed by atoms with E-state index in [-0.39, 0.29) is 12.0 Å². The van der Waals surface area contributed by atoms with Crippen LogP contribution in [-0.4, -0.2) is 23.9 Å². The predicted molar refractivity (Wildman–Crippen MR) is 59.7 cm³/mol. The van der Waals surface area contributed by atoms with E-state index in [2.05, 4.69) is 0 Å². The topological polar surface area (TPSA) is 29.5 Å². The summed E-state index contributed by atoms with van der Waals surface area (Å²) in [7, 11) is 0. The number of hydrogen-bond donors (Lipinski definition) is 1. The van der Waals surface area contributed by atoms with Crippen LogP contribution in [0.3, 0.4) is 0 Å². The Balaban J connectivity index is 2.18. The summed E-state index contributed by atoms with van der Waals surface area (Å²) in [5.41, 5.74) is -1.09. The molecule has 0 aromatic heterocycles. The van der Waals surface area contributed by atoms with Crippen molar-refractivity contribution in [2.24, 2.45) is 0 Å². The van der Waals surface area contributed by atoms with Gasteiger partial charge in [0.05, 0.1) is 5.60 Å². The number of aliphatic hydroxyl groups is 1. The normalized spacial score (nSPS) is 25.6. The lowest BCUT2D eigenvalue weighted by molar-refractivity contribution is 0.0174. The maximum Gasteiger partial charge on any atom is 0.129 e. The van der Waals surface area contributed by atoms with E-state index in [0.717, 1.165) is 0 Å². The van der Waals surface area contributed by atoms with Crippen molar-refractivity contribution in [1.82, 2.24) is 0 Å². The van der Waals surface area contributed by atoms with E-state index in [1.807, 2.05) is 0 Å². The minimum absolute atomic E-state index is 0.00880. The molecule has 0 bridgehead atoms. The zero-order chi connectivity index (χ0) is 12.3. The molecule has 0 saturated carbocycles. The highest BCUT2D eigenvalue weighted by Gasteiger charge is 2.30. The van der Waals surface area contributed by atoms with Crippen LogP contribution in [0.4, 0.5) is 8.78 Å².